The molecule has 0 spiro atoms. The van der Waals surface area contributed by atoms with E-state index in [0.29, 0.717) is 19.3 Å². The van der Waals surface area contributed by atoms with E-state index in [2.05, 4.69) is 5.32 Å². The van der Waals surface area contributed by atoms with Crippen LogP contribution < -0.4 is 5.32 Å². The maximum atomic E-state index is 11.9. The molecule has 1 rings (SSSR count). The van der Waals surface area contributed by atoms with Crippen molar-refractivity contribution in [1.82, 2.24) is 5.32 Å². The molecule has 2 unspecified atom stereocenters. The minimum atomic E-state index is -4.27. The summed E-state index contributed by atoms with van der Waals surface area (Å²) in [5.74, 6) is 0. The Morgan fingerprint density at radius 1 is 1.53 bits per heavy atom. The molecule has 0 aromatic carbocycles. The molecule has 0 aromatic heterocycles. The number of hydrogen-bond donors (Lipinski definition) is 2. The van der Waals surface area contributed by atoms with Crippen molar-refractivity contribution in [2.24, 2.45) is 0 Å². The molecule has 1 aliphatic rings. The second-order valence-electron chi connectivity index (χ2n) is 3.98. The highest BCUT2D eigenvalue weighted by Gasteiger charge is 2.39. The van der Waals surface area contributed by atoms with Gasteiger partial charge in [0.25, 0.3) is 0 Å². The molecule has 15 heavy (non-hydrogen) atoms. The van der Waals surface area contributed by atoms with Crippen LogP contribution in [0, 0.1) is 0 Å². The van der Waals surface area contributed by atoms with Crippen LogP contribution in [0.1, 0.15) is 19.3 Å². The molecular formula is C9H16F3NO2. The Morgan fingerprint density at radius 2 is 2.20 bits per heavy atom. The van der Waals surface area contributed by atoms with E-state index in [1.165, 1.54) is 0 Å². The third-order valence-corrected chi connectivity index (χ3v) is 2.88. The van der Waals surface area contributed by atoms with Crippen molar-refractivity contribution in [3.05, 3.63) is 0 Å². The Morgan fingerprint density at radius 3 is 2.60 bits per heavy atom. The zero-order valence-corrected chi connectivity index (χ0v) is 8.60. The fraction of sp³-hybridized carbons (Fsp3) is 1.00. The van der Waals surface area contributed by atoms with Crippen LogP contribution in [0.15, 0.2) is 0 Å². The molecule has 1 fully saturated rings. The molecule has 90 valence electrons. The molecule has 0 radical (unpaired) electrons. The average Bonchev–Trinajstić information content (AvgIpc) is 2.58. The first-order chi connectivity index (χ1) is 6.91. The van der Waals surface area contributed by atoms with Gasteiger partial charge < -0.3 is 15.2 Å². The molecule has 0 bridgehead atoms. The molecule has 2 atom stereocenters. The Bertz CT molecular complexity index is 204. The Balaban J connectivity index is 2.36. The maximum Gasteiger partial charge on any atom is 0.411 e. The Labute approximate surface area is 86.6 Å². The zero-order chi connectivity index (χ0) is 11.5. The number of aliphatic hydroxyl groups is 1. The van der Waals surface area contributed by atoms with E-state index >= 15 is 0 Å². The van der Waals surface area contributed by atoms with Crippen LogP contribution in [0.4, 0.5) is 13.2 Å². The molecule has 0 heterocycles. The van der Waals surface area contributed by atoms with Crippen molar-refractivity contribution in [2.45, 2.75) is 37.1 Å². The third kappa shape index (κ3) is 3.62. The number of hydrogen-bond acceptors (Lipinski definition) is 3. The average molecular weight is 227 g/mol. The Hall–Kier alpha value is -0.330. The van der Waals surface area contributed by atoms with Gasteiger partial charge in [0, 0.05) is 5.54 Å². The van der Waals surface area contributed by atoms with Gasteiger partial charge in [-0.1, -0.05) is 0 Å². The molecule has 0 aliphatic heterocycles. The summed E-state index contributed by atoms with van der Waals surface area (Å²) in [4.78, 5) is 0. The molecule has 0 amide bonds. The van der Waals surface area contributed by atoms with Gasteiger partial charge in [0.1, 0.15) is 6.61 Å². The van der Waals surface area contributed by atoms with Crippen molar-refractivity contribution in [3.63, 3.8) is 0 Å². The molecule has 1 aliphatic carbocycles. The molecule has 3 nitrogen and oxygen atoms in total. The van der Waals surface area contributed by atoms with Crippen molar-refractivity contribution in [2.75, 3.05) is 20.3 Å². The highest BCUT2D eigenvalue weighted by molar-refractivity contribution is 4.95. The van der Waals surface area contributed by atoms with Crippen molar-refractivity contribution >= 4 is 0 Å². The van der Waals surface area contributed by atoms with Gasteiger partial charge in [0.2, 0.25) is 0 Å². The Kier molecular flexibility index (Phi) is 3.97. The lowest BCUT2D eigenvalue weighted by Gasteiger charge is -2.26. The zero-order valence-electron chi connectivity index (χ0n) is 8.60. The highest BCUT2D eigenvalue weighted by Crippen LogP contribution is 2.32. The number of rotatable bonds is 4. The highest BCUT2D eigenvalue weighted by atomic mass is 19.4. The first-order valence-electron chi connectivity index (χ1n) is 4.89. The van der Waals surface area contributed by atoms with E-state index in [0.717, 1.165) is 0 Å². The predicted octanol–water partition coefficient (Wildman–Crippen LogP) is 1.07. The number of halogens is 3. The summed E-state index contributed by atoms with van der Waals surface area (Å²) in [7, 11) is 1.70. The largest absolute Gasteiger partial charge is 0.411 e. The van der Waals surface area contributed by atoms with Crippen LogP contribution in [0.5, 0.6) is 0 Å². The maximum absolute atomic E-state index is 11.9. The summed E-state index contributed by atoms with van der Waals surface area (Å²) in [6.45, 7) is -1.28. The number of aliphatic hydroxyl groups excluding tert-OH is 1. The summed E-state index contributed by atoms with van der Waals surface area (Å²) < 4.78 is 40.4. The normalized spacial score (nSPS) is 32.2. The minimum Gasteiger partial charge on any atom is -0.394 e. The molecular weight excluding hydrogens is 211 g/mol. The molecule has 2 N–H and O–H groups in total. The fourth-order valence-electron chi connectivity index (χ4n) is 1.88. The van der Waals surface area contributed by atoms with Gasteiger partial charge in [-0.2, -0.15) is 13.2 Å². The lowest BCUT2D eigenvalue weighted by atomic mass is 9.99. The van der Waals surface area contributed by atoms with Crippen molar-refractivity contribution < 1.29 is 23.0 Å². The van der Waals surface area contributed by atoms with Gasteiger partial charge in [-0.3, -0.25) is 0 Å². The molecule has 6 heteroatoms. The van der Waals surface area contributed by atoms with Crippen molar-refractivity contribution in [3.8, 4) is 0 Å². The van der Waals surface area contributed by atoms with Crippen LogP contribution in [0.25, 0.3) is 0 Å². The van der Waals surface area contributed by atoms with E-state index in [1.54, 1.807) is 7.05 Å². The second kappa shape index (κ2) is 4.67. The lowest BCUT2D eigenvalue weighted by Crippen LogP contribution is -2.44. The standard InChI is InChI=1S/C9H16F3NO2/c1-13-8(5-14)3-2-7(4-8)15-6-9(10,11)12/h7,13-14H,2-6H2,1H3. The second-order valence-corrected chi connectivity index (χ2v) is 3.98. The van der Waals surface area contributed by atoms with Gasteiger partial charge in [0.15, 0.2) is 0 Å². The SMILES string of the molecule is CNC1(CO)CCC(OCC(F)(F)F)C1. The molecule has 0 aromatic rings. The monoisotopic (exact) mass is 227 g/mol. The van der Waals surface area contributed by atoms with Gasteiger partial charge in [0.05, 0.1) is 12.7 Å². The van der Waals surface area contributed by atoms with E-state index in [-0.39, 0.29) is 6.61 Å². The van der Waals surface area contributed by atoms with Gasteiger partial charge in [-0.25, -0.2) is 0 Å². The summed E-state index contributed by atoms with van der Waals surface area (Å²) in [6.07, 6.45) is -3.06. The van der Waals surface area contributed by atoms with Crippen LogP contribution in [0.2, 0.25) is 0 Å². The number of nitrogens with one attached hydrogen (secondary N) is 1. The van der Waals surface area contributed by atoms with E-state index in [1.807, 2.05) is 0 Å². The molecule has 0 saturated heterocycles. The van der Waals surface area contributed by atoms with Crippen molar-refractivity contribution in [1.29, 1.82) is 0 Å². The summed E-state index contributed by atoms with van der Waals surface area (Å²) in [6, 6.07) is 0. The number of alkyl halides is 3. The first-order valence-corrected chi connectivity index (χ1v) is 4.89. The minimum absolute atomic E-state index is 0.0740. The number of likely N-dealkylation sites (N-methyl/N-ethyl adjacent to an activating group) is 1. The van der Waals surface area contributed by atoms with Crippen LogP contribution in [0.3, 0.4) is 0 Å². The summed E-state index contributed by atoms with van der Waals surface area (Å²) in [5.41, 5.74) is -0.462. The van der Waals surface area contributed by atoms with E-state index < -0.39 is 24.4 Å². The van der Waals surface area contributed by atoms with Crippen LogP contribution in [-0.4, -0.2) is 43.2 Å². The summed E-state index contributed by atoms with van der Waals surface area (Å²) in [5, 5.41) is 12.1. The van der Waals surface area contributed by atoms with Crippen LogP contribution >= 0.6 is 0 Å². The van der Waals surface area contributed by atoms with Gasteiger partial charge in [-0.05, 0) is 26.3 Å². The van der Waals surface area contributed by atoms with E-state index in [9.17, 15) is 13.2 Å². The topological polar surface area (TPSA) is 41.5 Å². The predicted molar refractivity (Wildman–Crippen MR) is 48.5 cm³/mol. The molecule has 1 saturated carbocycles. The van der Waals surface area contributed by atoms with Gasteiger partial charge in [-0.15, -0.1) is 0 Å². The third-order valence-electron chi connectivity index (χ3n) is 2.88. The first kappa shape index (κ1) is 12.7. The summed E-state index contributed by atoms with van der Waals surface area (Å²) >= 11 is 0. The number of ether oxygens (including phenoxy) is 1. The van der Waals surface area contributed by atoms with E-state index in [4.69, 9.17) is 9.84 Å². The van der Waals surface area contributed by atoms with Crippen LogP contribution in [-0.2, 0) is 4.74 Å². The quantitative estimate of drug-likeness (QED) is 0.754. The smallest absolute Gasteiger partial charge is 0.394 e. The van der Waals surface area contributed by atoms with Gasteiger partial charge >= 0.3 is 6.18 Å². The fourth-order valence-corrected chi connectivity index (χ4v) is 1.88. The lowest BCUT2D eigenvalue weighted by molar-refractivity contribution is -0.185.